The summed E-state index contributed by atoms with van der Waals surface area (Å²) in [5.74, 6) is 0.226. The van der Waals surface area contributed by atoms with Crippen molar-refractivity contribution >= 4 is 80.1 Å². The highest BCUT2D eigenvalue weighted by Gasteiger charge is 2.37. The largest absolute Gasteiger partial charge is 0.487 e. The monoisotopic (exact) mass is 716 g/mol. The Bertz CT molecular complexity index is 1150. The van der Waals surface area contributed by atoms with Crippen LogP contribution in [0.5, 0.6) is 5.75 Å². The molecule has 2 heterocycles. The van der Waals surface area contributed by atoms with E-state index < -0.39 is 11.1 Å². The van der Waals surface area contributed by atoms with Crippen LogP contribution in [0.3, 0.4) is 0 Å². The van der Waals surface area contributed by atoms with Gasteiger partial charge >= 0.3 is 0 Å². The maximum absolute atomic E-state index is 12.9. The Morgan fingerprint density at radius 2 is 1.74 bits per heavy atom. The smallest absolute Gasteiger partial charge is 0.294 e. The predicted octanol–water partition coefficient (Wildman–Crippen LogP) is 6.22. The number of halogens is 2. The van der Waals surface area contributed by atoms with Gasteiger partial charge in [0.15, 0.2) is 0 Å². The molecule has 2 aromatic carbocycles. The van der Waals surface area contributed by atoms with E-state index in [2.05, 4.69) is 64.2 Å². The summed E-state index contributed by atoms with van der Waals surface area (Å²) in [6.07, 6.45) is 5.88. The first-order valence-corrected chi connectivity index (χ1v) is 14.5. The van der Waals surface area contributed by atoms with Crippen LogP contribution in [0.4, 0.5) is 4.79 Å². The van der Waals surface area contributed by atoms with E-state index in [1.165, 1.54) is 5.56 Å². The van der Waals surface area contributed by atoms with Crippen molar-refractivity contribution in [2.75, 3.05) is 19.6 Å². The minimum atomic E-state index is -0.409. The summed E-state index contributed by atoms with van der Waals surface area (Å²) < 4.78 is 7.93. The highest BCUT2D eigenvalue weighted by atomic mass is 127. The van der Waals surface area contributed by atoms with Gasteiger partial charge in [-0.25, -0.2) is 0 Å². The zero-order valence-corrected chi connectivity index (χ0v) is 24.5. The summed E-state index contributed by atoms with van der Waals surface area (Å²) in [6, 6.07) is 12.1. The number of hydrogen-bond acceptors (Lipinski definition) is 5. The van der Waals surface area contributed by atoms with E-state index in [-0.39, 0.29) is 12.5 Å². The highest BCUT2D eigenvalue weighted by Crippen LogP contribution is 2.35. The summed E-state index contributed by atoms with van der Waals surface area (Å²) in [6.45, 7) is 3.72. The molecule has 4 rings (SSSR count). The van der Waals surface area contributed by atoms with Crippen molar-refractivity contribution in [3.63, 3.8) is 0 Å². The number of aryl methyl sites for hydroxylation is 1. The second kappa shape index (κ2) is 12.1. The molecule has 0 unspecified atom stereocenters. The van der Waals surface area contributed by atoms with Crippen molar-refractivity contribution in [3.8, 4) is 5.75 Å². The summed E-state index contributed by atoms with van der Waals surface area (Å²) in [5, 5.41) is -0.396. The molecule has 0 spiro atoms. The van der Waals surface area contributed by atoms with E-state index in [0.717, 1.165) is 66.4 Å². The van der Waals surface area contributed by atoms with Crippen LogP contribution in [0.25, 0.3) is 6.08 Å². The molecule has 0 radical (unpaired) electrons. The number of imide groups is 1. The first-order valence-electron chi connectivity index (χ1n) is 11.5. The molecule has 9 heteroatoms. The van der Waals surface area contributed by atoms with E-state index in [1.54, 1.807) is 11.0 Å². The summed E-state index contributed by atoms with van der Waals surface area (Å²) in [7, 11) is 0. The average molecular weight is 716 g/mol. The molecule has 0 aliphatic carbocycles. The lowest BCUT2D eigenvalue weighted by atomic mass is 10.1. The maximum atomic E-state index is 12.9. The van der Waals surface area contributed by atoms with E-state index in [9.17, 15) is 14.4 Å². The second-order valence-corrected chi connectivity index (χ2v) is 12.0. The van der Waals surface area contributed by atoms with Crippen molar-refractivity contribution in [3.05, 3.63) is 65.1 Å². The van der Waals surface area contributed by atoms with Gasteiger partial charge in [-0.05, 0) is 106 Å². The number of likely N-dealkylation sites (tertiary alicyclic amines) is 1. The van der Waals surface area contributed by atoms with Gasteiger partial charge in [0, 0.05) is 13.1 Å². The Morgan fingerprint density at radius 3 is 2.40 bits per heavy atom. The van der Waals surface area contributed by atoms with Crippen LogP contribution in [0.1, 0.15) is 42.4 Å². The van der Waals surface area contributed by atoms with E-state index in [1.807, 2.05) is 24.3 Å². The number of benzene rings is 2. The number of ether oxygens (including phenoxy) is 1. The van der Waals surface area contributed by atoms with Gasteiger partial charge in [-0.1, -0.05) is 42.7 Å². The molecule has 2 aliphatic heterocycles. The van der Waals surface area contributed by atoms with Crippen LogP contribution >= 0.6 is 56.9 Å². The van der Waals surface area contributed by atoms with Gasteiger partial charge in [0.1, 0.15) is 18.9 Å². The molecule has 0 saturated carbocycles. The molecular weight excluding hydrogens is 690 g/mol. The van der Waals surface area contributed by atoms with E-state index in [4.69, 9.17) is 4.74 Å². The molecule has 0 aromatic heterocycles. The van der Waals surface area contributed by atoms with Crippen LogP contribution in [0, 0.1) is 14.1 Å². The molecule has 3 amide bonds. The third-order valence-electron chi connectivity index (χ3n) is 5.91. The van der Waals surface area contributed by atoms with Gasteiger partial charge in [0.05, 0.1) is 12.0 Å². The average Bonchev–Trinajstić information content (AvgIpc) is 3.00. The Hall–Kier alpha value is -1.60. The fourth-order valence-electron chi connectivity index (χ4n) is 4.10. The zero-order valence-electron chi connectivity index (χ0n) is 19.4. The molecule has 0 N–H and O–H groups in total. The number of thioether (sulfide) groups is 1. The minimum absolute atomic E-state index is 0.158. The first kappa shape index (κ1) is 26.5. The van der Waals surface area contributed by atoms with Crippen molar-refractivity contribution in [1.29, 1.82) is 0 Å². The van der Waals surface area contributed by atoms with Crippen molar-refractivity contribution < 1.29 is 19.1 Å². The summed E-state index contributed by atoms with van der Waals surface area (Å²) in [4.78, 5) is 41.4. The molecule has 35 heavy (non-hydrogen) atoms. The van der Waals surface area contributed by atoms with Gasteiger partial charge in [0.2, 0.25) is 5.91 Å². The van der Waals surface area contributed by atoms with E-state index in [0.29, 0.717) is 24.6 Å². The number of carbonyl (C=O) groups is 3. The molecule has 0 atom stereocenters. The second-order valence-electron chi connectivity index (χ2n) is 8.65. The SMILES string of the molecule is Cc1cccc(COc2c(I)cc(C=C3SC(=O)N(CC(=O)N4CCCCCC4)C3=O)cc2I)c1. The third-order valence-corrected chi connectivity index (χ3v) is 8.42. The van der Waals surface area contributed by atoms with Crippen LogP contribution in [-0.4, -0.2) is 46.5 Å². The van der Waals surface area contributed by atoms with Crippen LogP contribution in [0.2, 0.25) is 0 Å². The normalized spacial score (nSPS) is 17.7. The lowest BCUT2D eigenvalue weighted by Gasteiger charge is -2.22. The van der Waals surface area contributed by atoms with Gasteiger partial charge in [-0.2, -0.15) is 0 Å². The van der Waals surface area contributed by atoms with E-state index >= 15 is 0 Å². The Kier molecular flexibility index (Phi) is 9.14. The summed E-state index contributed by atoms with van der Waals surface area (Å²) in [5.41, 5.74) is 3.10. The van der Waals surface area contributed by atoms with Gasteiger partial charge in [-0.3, -0.25) is 19.3 Å². The Labute approximate surface area is 237 Å². The first-order chi connectivity index (χ1) is 16.8. The number of hydrogen-bond donors (Lipinski definition) is 0. The van der Waals surface area contributed by atoms with Crippen LogP contribution < -0.4 is 4.74 Å². The fourth-order valence-corrected chi connectivity index (χ4v) is 7.07. The van der Waals surface area contributed by atoms with Gasteiger partial charge < -0.3 is 9.64 Å². The van der Waals surface area contributed by atoms with Crippen molar-refractivity contribution in [1.82, 2.24) is 9.80 Å². The molecule has 2 aliphatic rings. The Morgan fingerprint density at radius 1 is 1.06 bits per heavy atom. The standard InChI is InChI=1S/C26H26I2N2O4S/c1-17-7-6-8-18(11-17)16-34-24-20(27)12-19(13-21(24)28)14-22-25(32)30(26(33)35-22)15-23(31)29-9-4-2-3-5-10-29/h6-8,11-14H,2-5,9-10,15-16H2,1H3. The quantitative estimate of drug-likeness (QED) is 0.263. The molecule has 2 fully saturated rings. The van der Waals surface area contributed by atoms with Gasteiger partial charge in [-0.15, -0.1) is 0 Å². The Balaban J connectivity index is 1.44. The molecule has 0 bridgehead atoms. The summed E-state index contributed by atoms with van der Waals surface area (Å²) >= 11 is 5.34. The van der Waals surface area contributed by atoms with Gasteiger partial charge in [0.25, 0.3) is 11.1 Å². The lowest BCUT2D eigenvalue weighted by molar-refractivity contribution is -0.135. The minimum Gasteiger partial charge on any atom is -0.487 e. The molecule has 2 aromatic rings. The molecule has 6 nitrogen and oxygen atoms in total. The van der Waals surface area contributed by atoms with Crippen molar-refractivity contribution in [2.24, 2.45) is 0 Å². The lowest BCUT2D eigenvalue weighted by Crippen LogP contribution is -2.42. The zero-order chi connectivity index (χ0) is 24.9. The number of amides is 3. The molecular formula is C26H26I2N2O4S. The van der Waals surface area contributed by atoms with Crippen LogP contribution in [-0.2, 0) is 16.2 Å². The number of rotatable bonds is 6. The fraction of sp³-hybridized carbons (Fsp3) is 0.346. The molecule has 2 saturated heterocycles. The number of carbonyl (C=O) groups excluding carboxylic acids is 3. The van der Waals surface area contributed by atoms with Crippen molar-refractivity contribution in [2.45, 2.75) is 39.2 Å². The topological polar surface area (TPSA) is 66.9 Å². The molecule has 184 valence electrons. The maximum Gasteiger partial charge on any atom is 0.294 e. The van der Waals surface area contributed by atoms with Crippen LogP contribution in [0.15, 0.2) is 41.3 Å². The predicted molar refractivity (Wildman–Crippen MR) is 155 cm³/mol. The number of nitrogens with zero attached hydrogens (tertiary/aromatic N) is 2. The third kappa shape index (κ3) is 6.79. The highest BCUT2D eigenvalue weighted by molar-refractivity contribution is 14.1.